The number of aliphatic hydroxyl groups is 1. The molecule has 0 amide bonds. The minimum Gasteiger partial charge on any atom is -0.477 e. The van der Waals surface area contributed by atoms with Crippen LogP contribution in [0.15, 0.2) is 30.6 Å². The zero-order valence-electron chi connectivity index (χ0n) is 12.6. The average Bonchev–Trinajstić information content (AvgIpc) is 2.92. The fourth-order valence-electron chi connectivity index (χ4n) is 2.83. The van der Waals surface area contributed by atoms with E-state index in [1.165, 1.54) is 12.4 Å². The van der Waals surface area contributed by atoms with Gasteiger partial charge in [-0.1, -0.05) is 0 Å². The molecule has 0 aliphatic carbocycles. The molecule has 1 aliphatic heterocycles. The van der Waals surface area contributed by atoms with Crippen molar-refractivity contribution in [1.29, 1.82) is 0 Å². The predicted molar refractivity (Wildman–Crippen MR) is 80.3 cm³/mol. The molecule has 1 fully saturated rings. The number of benzene rings is 1. The van der Waals surface area contributed by atoms with Crippen molar-refractivity contribution in [2.24, 2.45) is 0 Å². The number of hydrogen-bond acceptors (Lipinski definition) is 5. The highest BCUT2D eigenvalue weighted by molar-refractivity contribution is 5.44. The summed E-state index contributed by atoms with van der Waals surface area (Å²) in [7, 11) is 0. The van der Waals surface area contributed by atoms with E-state index in [9.17, 15) is 13.9 Å². The van der Waals surface area contributed by atoms with Crippen LogP contribution in [-0.4, -0.2) is 34.3 Å². The van der Waals surface area contributed by atoms with Crippen molar-refractivity contribution in [3.8, 4) is 5.88 Å². The maximum absolute atomic E-state index is 14.1. The van der Waals surface area contributed by atoms with Crippen molar-refractivity contribution in [2.75, 3.05) is 18.1 Å². The summed E-state index contributed by atoms with van der Waals surface area (Å²) in [6.07, 6.45) is 2.64. The molecule has 1 aromatic heterocycles. The molecule has 1 aromatic carbocycles. The summed E-state index contributed by atoms with van der Waals surface area (Å²) in [6.45, 7) is 2.55. The first kappa shape index (κ1) is 15.6. The highest BCUT2D eigenvalue weighted by Crippen LogP contribution is 2.37. The van der Waals surface area contributed by atoms with Crippen LogP contribution in [0.3, 0.4) is 0 Å². The highest BCUT2D eigenvalue weighted by atomic mass is 19.1. The van der Waals surface area contributed by atoms with E-state index in [1.807, 2.05) is 6.92 Å². The second kappa shape index (κ2) is 6.45. The number of aromatic nitrogens is 2. The van der Waals surface area contributed by atoms with Gasteiger partial charge in [-0.2, -0.15) is 4.98 Å². The third-order valence-electron chi connectivity index (χ3n) is 3.78. The lowest BCUT2D eigenvalue weighted by Crippen LogP contribution is -2.26. The summed E-state index contributed by atoms with van der Waals surface area (Å²) in [5.74, 6) is -0.215. The van der Waals surface area contributed by atoms with E-state index < -0.39 is 23.8 Å². The molecule has 1 aliphatic rings. The molecule has 1 N–H and O–H groups in total. The predicted octanol–water partition coefficient (Wildman–Crippen LogP) is 2.47. The molecule has 0 saturated carbocycles. The van der Waals surface area contributed by atoms with Crippen LogP contribution in [0.4, 0.5) is 14.6 Å². The van der Waals surface area contributed by atoms with Gasteiger partial charge in [0.2, 0.25) is 5.88 Å². The van der Waals surface area contributed by atoms with E-state index in [0.29, 0.717) is 24.7 Å². The molecular weight excluding hydrogens is 304 g/mol. The Labute approximate surface area is 132 Å². The second-order valence-electron chi connectivity index (χ2n) is 5.37. The molecular formula is C16H17F2N3O2. The van der Waals surface area contributed by atoms with Gasteiger partial charge in [-0.3, -0.25) is 4.98 Å². The van der Waals surface area contributed by atoms with Crippen LogP contribution in [0.5, 0.6) is 5.88 Å². The van der Waals surface area contributed by atoms with Gasteiger partial charge in [-0.15, -0.1) is 0 Å². The molecule has 2 heterocycles. The molecule has 1 saturated heterocycles. The van der Waals surface area contributed by atoms with E-state index in [-0.39, 0.29) is 12.1 Å². The van der Waals surface area contributed by atoms with Crippen LogP contribution < -0.4 is 9.64 Å². The Hall–Kier alpha value is -2.28. The van der Waals surface area contributed by atoms with E-state index >= 15 is 0 Å². The monoisotopic (exact) mass is 321 g/mol. The van der Waals surface area contributed by atoms with Gasteiger partial charge in [0.05, 0.1) is 31.1 Å². The Morgan fingerprint density at radius 1 is 1.35 bits per heavy atom. The molecule has 5 nitrogen and oxygen atoms in total. The van der Waals surface area contributed by atoms with Gasteiger partial charge in [0, 0.05) is 12.1 Å². The largest absolute Gasteiger partial charge is 0.477 e. The highest BCUT2D eigenvalue weighted by Gasteiger charge is 2.35. The molecule has 3 rings (SSSR count). The fraction of sp³-hybridized carbons (Fsp3) is 0.375. The summed E-state index contributed by atoms with van der Waals surface area (Å²) in [5, 5.41) is 9.99. The minimum atomic E-state index is -0.653. The van der Waals surface area contributed by atoms with Gasteiger partial charge in [-0.25, -0.2) is 8.78 Å². The van der Waals surface area contributed by atoms with E-state index in [2.05, 4.69) is 9.97 Å². The van der Waals surface area contributed by atoms with Crippen molar-refractivity contribution in [3.05, 3.63) is 47.8 Å². The lowest BCUT2D eigenvalue weighted by Gasteiger charge is -2.26. The van der Waals surface area contributed by atoms with E-state index in [4.69, 9.17) is 4.74 Å². The Morgan fingerprint density at radius 3 is 2.96 bits per heavy atom. The lowest BCUT2D eigenvalue weighted by molar-refractivity contribution is 0.194. The van der Waals surface area contributed by atoms with Crippen LogP contribution in [0, 0.1) is 11.6 Å². The Morgan fingerprint density at radius 2 is 2.17 bits per heavy atom. The van der Waals surface area contributed by atoms with E-state index in [0.717, 1.165) is 18.2 Å². The van der Waals surface area contributed by atoms with Gasteiger partial charge in [0.25, 0.3) is 0 Å². The normalized spacial score (nSPS) is 20.8. The van der Waals surface area contributed by atoms with Crippen LogP contribution >= 0.6 is 0 Å². The van der Waals surface area contributed by atoms with Crippen molar-refractivity contribution < 1.29 is 18.6 Å². The number of ether oxygens (including phenoxy) is 1. The second-order valence-corrected chi connectivity index (χ2v) is 5.37. The molecule has 0 bridgehead atoms. The fourth-order valence-corrected chi connectivity index (χ4v) is 2.83. The van der Waals surface area contributed by atoms with E-state index in [1.54, 1.807) is 4.90 Å². The average molecular weight is 321 g/mol. The Kier molecular flexibility index (Phi) is 4.38. The van der Waals surface area contributed by atoms with Crippen molar-refractivity contribution in [1.82, 2.24) is 9.97 Å². The summed E-state index contributed by atoms with van der Waals surface area (Å²) >= 11 is 0. The van der Waals surface area contributed by atoms with Gasteiger partial charge in [0.1, 0.15) is 11.6 Å². The number of hydrogen-bond donors (Lipinski definition) is 1. The zero-order chi connectivity index (χ0) is 16.4. The maximum Gasteiger partial charge on any atom is 0.234 e. The first-order valence-corrected chi connectivity index (χ1v) is 7.43. The quantitative estimate of drug-likeness (QED) is 0.937. The third kappa shape index (κ3) is 3.24. The maximum atomic E-state index is 14.1. The SMILES string of the molecule is CCOc1cncc(N2C[C@H](O)C[C@H]2c2cc(F)ccc2F)n1. The molecule has 23 heavy (non-hydrogen) atoms. The van der Waals surface area contributed by atoms with Gasteiger partial charge >= 0.3 is 0 Å². The number of rotatable bonds is 4. The number of nitrogens with zero attached hydrogens (tertiary/aromatic N) is 3. The molecule has 122 valence electrons. The Bertz CT molecular complexity index is 699. The molecule has 2 atom stereocenters. The van der Waals surface area contributed by atoms with Crippen LogP contribution in [0.1, 0.15) is 24.9 Å². The third-order valence-corrected chi connectivity index (χ3v) is 3.78. The van der Waals surface area contributed by atoms with Crippen LogP contribution in [0.2, 0.25) is 0 Å². The topological polar surface area (TPSA) is 58.5 Å². The summed E-state index contributed by atoms with van der Waals surface area (Å²) in [6, 6.07) is 2.82. The van der Waals surface area contributed by atoms with Gasteiger partial charge in [-0.05, 0) is 31.5 Å². The molecule has 0 spiro atoms. The first-order valence-electron chi connectivity index (χ1n) is 7.43. The minimum absolute atomic E-state index is 0.199. The van der Waals surface area contributed by atoms with Crippen LogP contribution in [-0.2, 0) is 0 Å². The summed E-state index contributed by atoms with van der Waals surface area (Å²) in [4.78, 5) is 10.1. The zero-order valence-corrected chi connectivity index (χ0v) is 12.6. The summed E-state index contributed by atoms with van der Waals surface area (Å²) < 4.78 is 32.9. The molecule has 7 heteroatoms. The first-order chi connectivity index (χ1) is 11.1. The van der Waals surface area contributed by atoms with Crippen molar-refractivity contribution >= 4 is 5.82 Å². The van der Waals surface area contributed by atoms with Crippen molar-refractivity contribution in [3.63, 3.8) is 0 Å². The Balaban J connectivity index is 1.96. The smallest absolute Gasteiger partial charge is 0.234 e. The summed E-state index contributed by atoms with van der Waals surface area (Å²) in [5.41, 5.74) is 0.199. The number of β-amino-alcohol motifs (C(OH)–C–C–N with tert-alkyl or cyclic N) is 1. The van der Waals surface area contributed by atoms with Gasteiger partial charge < -0.3 is 14.7 Å². The van der Waals surface area contributed by atoms with Crippen molar-refractivity contribution in [2.45, 2.75) is 25.5 Å². The standard InChI is InChI=1S/C16H17F2N3O2/c1-2-23-16-8-19-7-15(20-16)21-9-11(22)6-14(21)12-5-10(17)3-4-13(12)18/h3-5,7-8,11,14,22H,2,6,9H2,1H3/t11-,14+/m1/s1. The molecule has 0 unspecified atom stereocenters. The molecule has 2 aromatic rings. The van der Waals surface area contributed by atoms with Gasteiger partial charge in [0.15, 0.2) is 5.82 Å². The lowest BCUT2D eigenvalue weighted by atomic mass is 10.0. The number of halogens is 2. The molecule has 0 radical (unpaired) electrons. The van der Waals surface area contributed by atoms with Crippen LogP contribution in [0.25, 0.3) is 0 Å². The number of anilines is 1. The number of aliphatic hydroxyl groups excluding tert-OH is 1.